The molecule has 2 unspecified atom stereocenters. The number of hydrogen-bond acceptors (Lipinski definition) is 3. The van der Waals surface area contributed by atoms with Gasteiger partial charge in [-0.3, -0.25) is 4.79 Å². The maximum absolute atomic E-state index is 12.3. The summed E-state index contributed by atoms with van der Waals surface area (Å²) in [5.74, 6) is 0.414. The van der Waals surface area contributed by atoms with Crippen molar-refractivity contribution in [3.63, 3.8) is 0 Å². The Labute approximate surface area is 114 Å². The molecule has 19 heavy (non-hydrogen) atoms. The number of carbonyl (C=O) groups excluding carboxylic acids is 1. The van der Waals surface area contributed by atoms with Gasteiger partial charge in [-0.25, -0.2) is 4.98 Å². The first-order valence-electron chi connectivity index (χ1n) is 6.97. The van der Waals surface area contributed by atoms with Gasteiger partial charge in [0.25, 0.3) is 0 Å². The van der Waals surface area contributed by atoms with Crippen molar-refractivity contribution < 1.29 is 9.53 Å². The first kappa shape index (κ1) is 14.1. The van der Waals surface area contributed by atoms with E-state index in [0.717, 1.165) is 30.8 Å². The number of H-pyrrole nitrogens is 1. The monoisotopic (exact) mass is 265 g/mol. The Balaban J connectivity index is 1.92. The smallest absolute Gasteiger partial charge is 0.226 e. The molecule has 2 N–H and O–H groups in total. The lowest BCUT2D eigenvalue weighted by molar-refractivity contribution is -0.137. The molecule has 106 valence electrons. The number of hydrogen-bond donors (Lipinski definition) is 2. The zero-order valence-electron chi connectivity index (χ0n) is 11.9. The van der Waals surface area contributed by atoms with E-state index in [1.165, 1.54) is 0 Å². The summed E-state index contributed by atoms with van der Waals surface area (Å²) in [6.45, 7) is 7.41. The van der Waals surface area contributed by atoms with Gasteiger partial charge < -0.3 is 15.0 Å². The highest BCUT2D eigenvalue weighted by Crippen LogP contribution is 2.26. The zero-order chi connectivity index (χ0) is 13.8. The van der Waals surface area contributed by atoms with Gasteiger partial charge in [0.1, 0.15) is 0 Å². The zero-order valence-corrected chi connectivity index (χ0v) is 11.9. The fourth-order valence-electron chi connectivity index (χ4n) is 2.61. The molecule has 0 aromatic carbocycles. The molecule has 5 heteroatoms. The average Bonchev–Trinajstić information content (AvgIpc) is 2.81. The lowest BCUT2D eigenvalue weighted by Gasteiger charge is -2.33. The molecule has 1 amide bonds. The Bertz CT molecular complexity index is 428. The summed E-state index contributed by atoms with van der Waals surface area (Å²) in [4.78, 5) is 19.5. The summed E-state index contributed by atoms with van der Waals surface area (Å²) in [6, 6.07) is 0. The molecule has 2 atom stereocenters. The van der Waals surface area contributed by atoms with Crippen LogP contribution in [0.1, 0.15) is 38.1 Å². The Morgan fingerprint density at radius 1 is 1.63 bits per heavy atom. The van der Waals surface area contributed by atoms with Crippen molar-refractivity contribution in [1.29, 1.82) is 0 Å². The number of nitrogens with zero attached hydrogens (tertiary/aromatic N) is 1. The Morgan fingerprint density at radius 3 is 3.05 bits per heavy atom. The predicted molar refractivity (Wildman–Crippen MR) is 72.5 cm³/mol. The van der Waals surface area contributed by atoms with Crippen LogP contribution in [0.25, 0.3) is 0 Å². The van der Waals surface area contributed by atoms with Gasteiger partial charge in [0.2, 0.25) is 5.91 Å². The third-order valence-electron chi connectivity index (χ3n) is 3.72. The number of aryl methyl sites for hydroxylation is 1. The summed E-state index contributed by atoms with van der Waals surface area (Å²) in [5.41, 5.74) is 1.90. The van der Waals surface area contributed by atoms with Gasteiger partial charge in [0.15, 0.2) is 0 Å². The molecule has 1 aromatic heterocycles. The van der Waals surface area contributed by atoms with Crippen molar-refractivity contribution in [2.45, 2.75) is 46.3 Å². The molecule has 5 nitrogen and oxygen atoms in total. The number of aromatic amines is 1. The third kappa shape index (κ3) is 3.35. The summed E-state index contributed by atoms with van der Waals surface area (Å²) < 4.78 is 5.75. The van der Waals surface area contributed by atoms with Crippen LogP contribution in [0.2, 0.25) is 0 Å². The molecular formula is C14H23N3O2. The number of rotatable bonds is 4. The first-order chi connectivity index (χ1) is 9.09. The van der Waals surface area contributed by atoms with Crippen molar-refractivity contribution >= 4 is 5.91 Å². The van der Waals surface area contributed by atoms with Crippen molar-refractivity contribution in [2.75, 3.05) is 6.61 Å². The Kier molecular flexibility index (Phi) is 4.58. The second-order valence-electron chi connectivity index (χ2n) is 5.52. The van der Waals surface area contributed by atoms with Gasteiger partial charge in [-0.15, -0.1) is 0 Å². The highest BCUT2D eigenvalue weighted by molar-refractivity contribution is 5.79. The quantitative estimate of drug-likeness (QED) is 0.872. The normalized spacial score (nSPS) is 23.6. The van der Waals surface area contributed by atoms with Gasteiger partial charge in [0.05, 0.1) is 30.6 Å². The third-order valence-corrected chi connectivity index (χ3v) is 3.72. The lowest BCUT2D eigenvalue weighted by atomic mass is 9.87. The molecule has 2 heterocycles. The molecule has 0 saturated carbocycles. The van der Waals surface area contributed by atoms with Crippen molar-refractivity contribution in [3.05, 3.63) is 17.7 Å². The molecule has 1 fully saturated rings. The van der Waals surface area contributed by atoms with E-state index >= 15 is 0 Å². The minimum atomic E-state index is -0.0343. The summed E-state index contributed by atoms with van der Waals surface area (Å²) in [5, 5.41) is 2.98. The number of aromatic nitrogens is 2. The fourth-order valence-corrected chi connectivity index (χ4v) is 2.61. The number of imidazole rings is 1. The maximum Gasteiger partial charge on any atom is 0.226 e. The molecule has 0 bridgehead atoms. The van der Waals surface area contributed by atoms with Crippen LogP contribution in [-0.4, -0.2) is 28.6 Å². The van der Waals surface area contributed by atoms with Crippen molar-refractivity contribution in [1.82, 2.24) is 15.3 Å². The van der Waals surface area contributed by atoms with Crippen LogP contribution >= 0.6 is 0 Å². The van der Waals surface area contributed by atoms with Gasteiger partial charge in [-0.05, 0) is 25.7 Å². The molecule has 0 radical (unpaired) electrons. The Morgan fingerprint density at radius 2 is 2.42 bits per heavy atom. The van der Waals surface area contributed by atoms with Crippen LogP contribution in [0, 0.1) is 18.8 Å². The van der Waals surface area contributed by atoms with E-state index in [2.05, 4.69) is 29.1 Å². The van der Waals surface area contributed by atoms with Crippen LogP contribution in [-0.2, 0) is 16.1 Å². The molecule has 1 aliphatic rings. The van der Waals surface area contributed by atoms with Crippen LogP contribution in [0.4, 0.5) is 0 Å². The largest absolute Gasteiger partial charge is 0.377 e. The Hall–Kier alpha value is -1.36. The minimum Gasteiger partial charge on any atom is -0.377 e. The summed E-state index contributed by atoms with van der Waals surface area (Å²) in [6.07, 6.45) is 3.56. The van der Waals surface area contributed by atoms with Crippen molar-refractivity contribution in [2.24, 2.45) is 11.8 Å². The second-order valence-corrected chi connectivity index (χ2v) is 5.52. The number of carbonyl (C=O) groups is 1. The second kappa shape index (κ2) is 6.19. The highest BCUT2D eigenvalue weighted by atomic mass is 16.5. The number of ether oxygens (including phenoxy) is 1. The average molecular weight is 265 g/mol. The van der Waals surface area contributed by atoms with E-state index in [0.29, 0.717) is 12.5 Å². The van der Waals surface area contributed by atoms with E-state index in [1.807, 2.05) is 6.92 Å². The SMILES string of the molecule is Cc1[nH]cnc1CNC(=O)C1CCCOC1C(C)C. The van der Waals surface area contributed by atoms with E-state index in [4.69, 9.17) is 4.74 Å². The molecule has 1 saturated heterocycles. The van der Waals surface area contributed by atoms with Gasteiger partial charge in [0, 0.05) is 12.3 Å². The van der Waals surface area contributed by atoms with E-state index in [-0.39, 0.29) is 17.9 Å². The highest BCUT2D eigenvalue weighted by Gasteiger charge is 2.33. The molecular weight excluding hydrogens is 242 g/mol. The van der Waals surface area contributed by atoms with E-state index in [9.17, 15) is 4.79 Å². The molecule has 0 aliphatic carbocycles. The van der Waals surface area contributed by atoms with Crippen LogP contribution in [0.5, 0.6) is 0 Å². The van der Waals surface area contributed by atoms with Crippen LogP contribution in [0.3, 0.4) is 0 Å². The maximum atomic E-state index is 12.3. The summed E-state index contributed by atoms with van der Waals surface area (Å²) >= 11 is 0. The van der Waals surface area contributed by atoms with E-state index < -0.39 is 0 Å². The predicted octanol–water partition coefficient (Wildman–Crippen LogP) is 1.79. The molecule has 2 rings (SSSR count). The van der Waals surface area contributed by atoms with E-state index in [1.54, 1.807) is 6.33 Å². The topological polar surface area (TPSA) is 67.0 Å². The first-order valence-corrected chi connectivity index (χ1v) is 6.97. The van der Waals surface area contributed by atoms with Crippen LogP contribution in [0.15, 0.2) is 6.33 Å². The van der Waals surface area contributed by atoms with Crippen molar-refractivity contribution in [3.8, 4) is 0 Å². The fraction of sp³-hybridized carbons (Fsp3) is 0.714. The molecule has 1 aliphatic heterocycles. The van der Waals surface area contributed by atoms with Gasteiger partial charge in [-0.1, -0.05) is 13.8 Å². The lowest BCUT2D eigenvalue weighted by Crippen LogP contribution is -2.43. The molecule has 1 aromatic rings. The van der Waals surface area contributed by atoms with Gasteiger partial charge >= 0.3 is 0 Å². The standard InChI is InChI=1S/C14H23N3O2/c1-9(2)13-11(5-4-6-19-13)14(18)15-7-12-10(3)16-8-17-12/h8-9,11,13H,4-7H2,1-3H3,(H,15,18)(H,16,17). The summed E-state index contributed by atoms with van der Waals surface area (Å²) in [7, 11) is 0. The minimum absolute atomic E-state index is 0.0343. The van der Waals surface area contributed by atoms with Crippen LogP contribution < -0.4 is 5.32 Å². The molecule has 0 spiro atoms. The number of amides is 1. The van der Waals surface area contributed by atoms with Gasteiger partial charge in [-0.2, -0.15) is 0 Å². The number of nitrogens with one attached hydrogen (secondary N) is 2.